The number of anilines is 1. The number of carbonyl (C=O) groups excluding carboxylic acids is 2. The van der Waals surface area contributed by atoms with E-state index in [1.807, 2.05) is 24.3 Å². The number of aryl methyl sites for hydroxylation is 1. The maximum absolute atomic E-state index is 12.0. The van der Waals surface area contributed by atoms with Gasteiger partial charge in [0.1, 0.15) is 11.6 Å². The highest BCUT2D eigenvalue weighted by Crippen LogP contribution is 2.13. The molecule has 0 aliphatic carbocycles. The van der Waals surface area contributed by atoms with E-state index in [9.17, 15) is 9.59 Å². The standard InChI is InChI=1S/C20H24N2O4/c1-3-15-7-9-17(10-8-15)26-13-5-6-19(23)22-18-14-16(11-12-21-18)20(24)25-4-2/h7-12,14H,3-6,13H2,1-2H3,(H,21,22,23). The summed E-state index contributed by atoms with van der Waals surface area (Å²) in [5.74, 6) is 0.513. The van der Waals surface area contributed by atoms with E-state index in [1.165, 1.54) is 17.8 Å². The summed E-state index contributed by atoms with van der Waals surface area (Å²) in [5.41, 5.74) is 1.62. The molecule has 1 N–H and O–H groups in total. The van der Waals surface area contributed by atoms with Crippen molar-refractivity contribution in [1.29, 1.82) is 0 Å². The van der Waals surface area contributed by atoms with Crippen LogP contribution in [0.2, 0.25) is 0 Å². The summed E-state index contributed by atoms with van der Waals surface area (Å²) in [5, 5.41) is 2.68. The minimum absolute atomic E-state index is 0.177. The number of nitrogens with zero attached hydrogens (tertiary/aromatic N) is 1. The summed E-state index contributed by atoms with van der Waals surface area (Å²) in [4.78, 5) is 27.7. The fourth-order valence-corrected chi connectivity index (χ4v) is 2.29. The Morgan fingerprint density at radius 3 is 2.58 bits per heavy atom. The molecule has 2 aromatic rings. The van der Waals surface area contributed by atoms with Crippen LogP contribution in [0.15, 0.2) is 42.6 Å². The van der Waals surface area contributed by atoms with Gasteiger partial charge in [0.05, 0.1) is 18.8 Å². The molecule has 0 spiro atoms. The highest BCUT2D eigenvalue weighted by molar-refractivity contribution is 5.93. The number of carbonyl (C=O) groups is 2. The van der Waals surface area contributed by atoms with Crippen LogP contribution in [0.1, 0.15) is 42.6 Å². The Hall–Kier alpha value is -2.89. The highest BCUT2D eigenvalue weighted by Gasteiger charge is 2.09. The molecule has 0 aliphatic rings. The first-order chi connectivity index (χ1) is 12.6. The highest BCUT2D eigenvalue weighted by atomic mass is 16.5. The number of nitrogens with one attached hydrogen (secondary N) is 1. The van der Waals surface area contributed by atoms with Gasteiger partial charge in [0.25, 0.3) is 0 Å². The van der Waals surface area contributed by atoms with E-state index in [4.69, 9.17) is 9.47 Å². The van der Waals surface area contributed by atoms with Gasteiger partial charge in [0, 0.05) is 12.6 Å². The van der Waals surface area contributed by atoms with Gasteiger partial charge in [-0.05, 0) is 49.6 Å². The van der Waals surface area contributed by atoms with Crippen molar-refractivity contribution in [2.75, 3.05) is 18.5 Å². The van der Waals surface area contributed by atoms with Crippen LogP contribution in [0.3, 0.4) is 0 Å². The topological polar surface area (TPSA) is 77.5 Å². The monoisotopic (exact) mass is 356 g/mol. The first-order valence-electron chi connectivity index (χ1n) is 8.77. The van der Waals surface area contributed by atoms with Gasteiger partial charge in [0.15, 0.2) is 0 Å². The SMILES string of the molecule is CCOC(=O)c1ccnc(NC(=O)CCCOc2ccc(CC)cc2)c1. The molecule has 1 aromatic heterocycles. The van der Waals surface area contributed by atoms with Crippen LogP contribution in [0.4, 0.5) is 5.82 Å². The summed E-state index contributed by atoms with van der Waals surface area (Å²) in [6, 6.07) is 11.0. The van der Waals surface area contributed by atoms with Gasteiger partial charge in [0.2, 0.25) is 5.91 Å². The fraction of sp³-hybridized carbons (Fsp3) is 0.350. The third-order valence-corrected chi connectivity index (χ3v) is 3.69. The zero-order valence-electron chi connectivity index (χ0n) is 15.2. The molecule has 0 unspecified atom stereocenters. The molecular weight excluding hydrogens is 332 g/mol. The molecule has 0 atom stereocenters. The number of rotatable bonds is 9. The van der Waals surface area contributed by atoms with Crippen LogP contribution in [0, 0.1) is 0 Å². The molecule has 138 valence electrons. The zero-order chi connectivity index (χ0) is 18.8. The zero-order valence-corrected chi connectivity index (χ0v) is 15.2. The van der Waals surface area contributed by atoms with Crippen molar-refractivity contribution in [3.05, 3.63) is 53.7 Å². The lowest BCUT2D eigenvalue weighted by Gasteiger charge is -2.08. The molecule has 0 fully saturated rings. The van der Waals surface area contributed by atoms with Crippen molar-refractivity contribution in [2.45, 2.75) is 33.1 Å². The maximum Gasteiger partial charge on any atom is 0.338 e. The molecule has 0 radical (unpaired) electrons. The van der Waals surface area contributed by atoms with Crippen LogP contribution >= 0.6 is 0 Å². The number of amides is 1. The summed E-state index contributed by atoms with van der Waals surface area (Å²) >= 11 is 0. The summed E-state index contributed by atoms with van der Waals surface area (Å²) in [7, 11) is 0. The first-order valence-corrected chi connectivity index (χ1v) is 8.77. The minimum Gasteiger partial charge on any atom is -0.494 e. The van der Waals surface area contributed by atoms with Crippen molar-refractivity contribution in [3.63, 3.8) is 0 Å². The molecule has 26 heavy (non-hydrogen) atoms. The second-order valence-corrected chi connectivity index (χ2v) is 5.65. The van der Waals surface area contributed by atoms with Crippen molar-refractivity contribution in [3.8, 4) is 5.75 Å². The van der Waals surface area contributed by atoms with E-state index >= 15 is 0 Å². The Balaban J connectivity index is 1.74. The summed E-state index contributed by atoms with van der Waals surface area (Å²) in [6.07, 6.45) is 3.34. The Morgan fingerprint density at radius 2 is 1.88 bits per heavy atom. The summed E-state index contributed by atoms with van der Waals surface area (Å²) < 4.78 is 10.6. The lowest BCUT2D eigenvalue weighted by molar-refractivity contribution is -0.116. The fourth-order valence-electron chi connectivity index (χ4n) is 2.29. The Bertz CT molecular complexity index is 729. The average Bonchev–Trinajstić information content (AvgIpc) is 2.66. The van der Waals surface area contributed by atoms with E-state index < -0.39 is 5.97 Å². The second-order valence-electron chi connectivity index (χ2n) is 5.65. The first kappa shape index (κ1) is 19.4. The third kappa shape index (κ3) is 6.20. The van der Waals surface area contributed by atoms with Crippen LogP contribution < -0.4 is 10.1 Å². The third-order valence-electron chi connectivity index (χ3n) is 3.69. The van der Waals surface area contributed by atoms with Crippen molar-refractivity contribution in [2.24, 2.45) is 0 Å². The molecule has 1 aromatic carbocycles. The largest absolute Gasteiger partial charge is 0.494 e. The van der Waals surface area contributed by atoms with Crippen LogP contribution in [0.25, 0.3) is 0 Å². The van der Waals surface area contributed by atoms with E-state index in [0.29, 0.717) is 37.4 Å². The quantitative estimate of drug-likeness (QED) is 0.548. The Morgan fingerprint density at radius 1 is 1.12 bits per heavy atom. The van der Waals surface area contributed by atoms with Crippen molar-refractivity contribution < 1.29 is 19.1 Å². The predicted octanol–water partition coefficient (Wildman–Crippen LogP) is 3.62. The molecule has 0 bridgehead atoms. The molecule has 0 saturated carbocycles. The number of pyridine rings is 1. The van der Waals surface area contributed by atoms with Gasteiger partial charge in [-0.25, -0.2) is 9.78 Å². The average molecular weight is 356 g/mol. The number of ether oxygens (including phenoxy) is 2. The maximum atomic E-state index is 12.0. The van der Waals surface area contributed by atoms with Gasteiger partial charge in [-0.1, -0.05) is 19.1 Å². The normalized spacial score (nSPS) is 10.2. The van der Waals surface area contributed by atoms with E-state index in [1.54, 1.807) is 13.0 Å². The number of hydrogen-bond acceptors (Lipinski definition) is 5. The Labute approximate surface area is 153 Å². The van der Waals surface area contributed by atoms with Crippen molar-refractivity contribution >= 4 is 17.7 Å². The molecule has 0 aliphatic heterocycles. The molecule has 0 saturated heterocycles. The van der Waals surface area contributed by atoms with Crippen LogP contribution in [-0.2, 0) is 16.0 Å². The molecule has 6 heteroatoms. The van der Waals surface area contributed by atoms with Gasteiger partial charge < -0.3 is 14.8 Å². The van der Waals surface area contributed by atoms with E-state index in [2.05, 4.69) is 17.2 Å². The van der Waals surface area contributed by atoms with Gasteiger partial charge in [-0.3, -0.25) is 4.79 Å². The molecule has 6 nitrogen and oxygen atoms in total. The van der Waals surface area contributed by atoms with Gasteiger partial charge in [-0.2, -0.15) is 0 Å². The van der Waals surface area contributed by atoms with E-state index in [-0.39, 0.29) is 5.91 Å². The van der Waals surface area contributed by atoms with Gasteiger partial charge in [-0.15, -0.1) is 0 Å². The molecule has 2 rings (SSSR count). The van der Waals surface area contributed by atoms with Gasteiger partial charge >= 0.3 is 5.97 Å². The van der Waals surface area contributed by atoms with Crippen LogP contribution in [-0.4, -0.2) is 30.1 Å². The van der Waals surface area contributed by atoms with Crippen LogP contribution in [0.5, 0.6) is 5.75 Å². The Kier molecular flexibility index (Phi) is 7.61. The summed E-state index contributed by atoms with van der Waals surface area (Å²) in [6.45, 7) is 4.59. The predicted molar refractivity (Wildman–Crippen MR) is 99.4 cm³/mol. The number of hydrogen-bond donors (Lipinski definition) is 1. The number of esters is 1. The molecule has 1 amide bonds. The van der Waals surface area contributed by atoms with E-state index in [0.717, 1.165) is 12.2 Å². The minimum atomic E-state index is -0.437. The lowest BCUT2D eigenvalue weighted by Crippen LogP contribution is -2.14. The lowest BCUT2D eigenvalue weighted by atomic mass is 10.2. The van der Waals surface area contributed by atoms with Crippen molar-refractivity contribution in [1.82, 2.24) is 4.98 Å². The smallest absolute Gasteiger partial charge is 0.338 e. The second kappa shape index (κ2) is 10.2. The molecule has 1 heterocycles. The number of aromatic nitrogens is 1. The molecular formula is C20H24N2O4. The number of benzene rings is 1.